The molecule has 1 saturated carbocycles. The minimum Gasteiger partial charge on any atom is -0.352 e. The molecule has 0 heterocycles. The molecule has 5 heteroatoms. The zero-order valence-corrected chi connectivity index (χ0v) is 10.1. The van der Waals surface area contributed by atoms with E-state index in [1.54, 1.807) is 6.07 Å². The maximum Gasteiger partial charge on any atom is 0.234 e. The Bertz CT molecular complexity index is 421. The van der Waals surface area contributed by atoms with Crippen molar-refractivity contribution in [2.24, 2.45) is 0 Å². The first-order chi connectivity index (χ1) is 8.15. The average Bonchev–Trinajstić information content (AvgIpc) is 3.07. The SMILES string of the molecule is O=C(CNCc1cc(Cl)ccc1F)NC1CC1. The summed E-state index contributed by atoms with van der Waals surface area (Å²) in [4.78, 5) is 11.3. The van der Waals surface area contributed by atoms with E-state index in [1.165, 1.54) is 12.1 Å². The van der Waals surface area contributed by atoms with E-state index in [9.17, 15) is 9.18 Å². The van der Waals surface area contributed by atoms with Gasteiger partial charge in [0.25, 0.3) is 0 Å². The summed E-state index contributed by atoms with van der Waals surface area (Å²) in [6.45, 7) is 0.493. The van der Waals surface area contributed by atoms with Gasteiger partial charge < -0.3 is 10.6 Å². The maximum atomic E-state index is 13.3. The van der Waals surface area contributed by atoms with Gasteiger partial charge in [-0.3, -0.25) is 4.79 Å². The van der Waals surface area contributed by atoms with Crippen molar-refractivity contribution in [2.45, 2.75) is 25.4 Å². The number of rotatable bonds is 5. The Morgan fingerprint density at radius 3 is 2.94 bits per heavy atom. The predicted molar refractivity (Wildman–Crippen MR) is 64.3 cm³/mol. The number of halogens is 2. The highest BCUT2D eigenvalue weighted by atomic mass is 35.5. The average molecular weight is 257 g/mol. The Kier molecular flexibility index (Phi) is 3.97. The molecular formula is C12H14ClFN2O. The lowest BCUT2D eigenvalue weighted by molar-refractivity contribution is -0.120. The van der Waals surface area contributed by atoms with Crippen LogP contribution in [0.15, 0.2) is 18.2 Å². The Hall–Kier alpha value is -1.13. The third-order valence-corrected chi connectivity index (χ3v) is 2.79. The van der Waals surface area contributed by atoms with Crippen LogP contribution in [0.25, 0.3) is 0 Å². The highest BCUT2D eigenvalue weighted by Gasteiger charge is 2.22. The fraction of sp³-hybridized carbons (Fsp3) is 0.417. The molecule has 1 aliphatic carbocycles. The standard InChI is InChI=1S/C12H14ClFN2O/c13-9-1-4-11(14)8(5-9)6-15-7-12(17)16-10-2-3-10/h1,4-5,10,15H,2-3,6-7H2,(H,16,17). The number of carbonyl (C=O) groups is 1. The van der Waals surface area contributed by atoms with E-state index in [0.717, 1.165) is 12.8 Å². The fourth-order valence-corrected chi connectivity index (χ4v) is 1.69. The first-order valence-electron chi connectivity index (χ1n) is 5.59. The van der Waals surface area contributed by atoms with Crippen molar-refractivity contribution in [3.8, 4) is 0 Å². The molecule has 1 amide bonds. The van der Waals surface area contributed by atoms with Crippen LogP contribution in [0.3, 0.4) is 0 Å². The van der Waals surface area contributed by atoms with Gasteiger partial charge in [0.05, 0.1) is 6.54 Å². The van der Waals surface area contributed by atoms with Crippen LogP contribution in [0.1, 0.15) is 18.4 Å². The number of nitrogens with one attached hydrogen (secondary N) is 2. The van der Waals surface area contributed by atoms with Crippen molar-refractivity contribution in [3.05, 3.63) is 34.6 Å². The van der Waals surface area contributed by atoms with E-state index < -0.39 is 0 Å². The quantitative estimate of drug-likeness (QED) is 0.844. The first kappa shape index (κ1) is 12.3. The molecular weight excluding hydrogens is 243 g/mol. The van der Waals surface area contributed by atoms with Crippen LogP contribution in [-0.4, -0.2) is 18.5 Å². The van der Waals surface area contributed by atoms with Crippen LogP contribution >= 0.6 is 11.6 Å². The second kappa shape index (κ2) is 5.47. The molecule has 0 radical (unpaired) electrons. The molecule has 1 fully saturated rings. The topological polar surface area (TPSA) is 41.1 Å². The van der Waals surface area contributed by atoms with Gasteiger partial charge in [-0.15, -0.1) is 0 Å². The normalized spacial score (nSPS) is 14.7. The fourth-order valence-electron chi connectivity index (χ4n) is 1.50. The minimum atomic E-state index is -0.315. The molecule has 92 valence electrons. The molecule has 3 nitrogen and oxygen atoms in total. The summed E-state index contributed by atoms with van der Waals surface area (Å²) in [6.07, 6.45) is 2.13. The number of hydrogen-bond donors (Lipinski definition) is 2. The van der Waals surface area contributed by atoms with Crippen LogP contribution in [0.4, 0.5) is 4.39 Å². The Morgan fingerprint density at radius 2 is 2.24 bits per heavy atom. The second-order valence-electron chi connectivity index (χ2n) is 4.18. The summed E-state index contributed by atoms with van der Waals surface area (Å²) < 4.78 is 13.3. The molecule has 1 aliphatic rings. The van der Waals surface area contributed by atoms with Crippen molar-refractivity contribution in [1.29, 1.82) is 0 Å². The molecule has 0 spiro atoms. The zero-order chi connectivity index (χ0) is 12.3. The third kappa shape index (κ3) is 3.98. The van der Waals surface area contributed by atoms with Crippen LogP contribution in [-0.2, 0) is 11.3 Å². The molecule has 0 atom stereocenters. The molecule has 1 aromatic carbocycles. The molecule has 0 unspecified atom stereocenters. The number of carbonyl (C=O) groups excluding carboxylic acids is 1. The minimum absolute atomic E-state index is 0.0464. The Balaban J connectivity index is 1.76. The van der Waals surface area contributed by atoms with Crippen LogP contribution in [0.5, 0.6) is 0 Å². The second-order valence-corrected chi connectivity index (χ2v) is 4.62. The van der Waals surface area contributed by atoms with Gasteiger partial charge >= 0.3 is 0 Å². The van der Waals surface area contributed by atoms with E-state index in [-0.39, 0.29) is 18.3 Å². The zero-order valence-electron chi connectivity index (χ0n) is 9.30. The van der Waals surface area contributed by atoms with Crippen molar-refractivity contribution < 1.29 is 9.18 Å². The summed E-state index contributed by atoms with van der Waals surface area (Å²) in [5.41, 5.74) is 0.469. The molecule has 1 aromatic rings. The smallest absolute Gasteiger partial charge is 0.234 e. The van der Waals surface area contributed by atoms with Crippen molar-refractivity contribution in [2.75, 3.05) is 6.54 Å². The van der Waals surface area contributed by atoms with E-state index in [1.807, 2.05) is 0 Å². The summed E-state index contributed by atoms with van der Waals surface area (Å²) in [6, 6.07) is 4.74. The van der Waals surface area contributed by atoms with Gasteiger partial charge in [0.15, 0.2) is 0 Å². The van der Waals surface area contributed by atoms with E-state index in [4.69, 9.17) is 11.6 Å². The molecule has 2 N–H and O–H groups in total. The third-order valence-electron chi connectivity index (χ3n) is 2.55. The van der Waals surface area contributed by atoms with E-state index >= 15 is 0 Å². The lowest BCUT2D eigenvalue weighted by Crippen LogP contribution is -2.34. The molecule has 0 saturated heterocycles. The maximum absolute atomic E-state index is 13.3. The molecule has 0 bridgehead atoms. The van der Waals surface area contributed by atoms with Crippen LogP contribution in [0.2, 0.25) is 5.02 Å². The number of hydrogen-bond acceptors (Lipinski definition) is 2. The van der Waals surface area contributed by atoms with Gasteiger partial charge in [0.2, 0.25) is 5.91 Å². The lowest BCUT2D eigenvalue weighted by Gasteiger charge is -2.07. The van der Waals surface area contributed by atoms with E-state index in [2.05, 4.69) is 10.6 Å². The van der Waals surface area contributed by atoms with Gasteiger partial charge in [-0.2, -0.15) is 0 Å². The summed E-state index contributed by atoms with van der Waals surface area (Å²) >= 11 is 5.76. The predicted octanol–water partition coefficient (Wildman–Crippen LogP) is 1.85. The summed E-state index contributed by atoms with van der Waals surface area (Å²) in [5, 5.41) is 6.23. The Labute approximate surface area is 104 Å². The monoisotopic (exact) mass is 256 g/mol. The molecule has 0 aromatic heterocycles. The summed E-state index contributed by atoms with van der Waals surface area (Å²) in [7, 11) is 0. The largest absolute Gasteiger partial charge is 0.352 e. The highest BCUT2D eigenvalue weighted by molar-refractivity contribution is 6.30. The Morgan fingerprint density at radius 1 is 1.47 bits per heavy atom. The highest BCUT2D eigenvalue weighted by Crippen LogP contribution is 2.18. The van der Waals surface area contributed by atoms with Gasteiger partial charge in [0, 0.05) is 23.2 Å². The van der Waals surface area contributed by atoms with Crippen molar-refractivity contribution in [1.82, 2.24) is 10.6 Å². The number of amides is 1. The van der Waals surface area contributed by atoms with Gasteiger partial charge in [-0.1, -0.05) is 11.6 Å². The molecule has 2 rings (SSSR count). The van der Waals surface area contributed by atoms with Crippen molar-refractivity contribution in [3.63, 3.8) is 0 Å². The lowest BCUT2D eigenvalue weighted by atomic mass is 10.2. The first-order valence-corrected chi connectivity index (χ1v) is 5.97. The van der Waals surface area contributed by atoms with E-state index in [0.29, 0.717) is 23.2 Å². The number of benzene rings is 1. The summed E-state index contributed by atoms with van der Waals surface area (Å²) in [5.74, 6) is -0.362. The molecule has 0 aliphatic heterocycles. The van der Waals surface area contributed by atoms with Crippen LogP contribution in [0, 0.1) is 5.82 Å². The van der Waals surface area contributed by atoms with Gasteiger partial charge in [0.1, 0.15) is 5.82 Å². The van der Waals surface area contributed by atoms with Gasteiger partial charge in [-0.05, 0) is 31.0 Å². The van der Waals surface area contributed by atoms with Crippen LogP contribution < -0.4 is 10.6 Å². The van der Waals surface area contributed by atoms with Crippen molar-refractivity contribution >= 4 is 17.5 Å². The van der Waals surface area contributed by atoms with Gasteiger partial charge in [-0.25, -0.2) is 4.39 Å². The molecule has 17 heavy (non-hydrogen) atoms.